The van der Waals surface area contributed by atoms with Crippen LogP contribution in [0.15, 0.2) is 40.5 Å². The van der Waals surface area contributed by atoms with E-state index in [1.165, 1.54) is 28.8 Å². The molecular weight excluding hydrogens is 282 g/mol. The molecule has 0 aliphatic heterocycles. The minimum absolute atomic E-state index is 0.388. The third-order valence-electron chi connectivity index (χ3n) is 4.08. The molecule has 0 fully saturated rings. The van der Waals surface area contributed by atoms with Gasteiger partial charge in [-0.3, -0.25) is 5.10 Å². The number of aryl methyl sites for hydroxylation is 1. The van der Waals surface area contributed by atoms with Gasteiger partial charge in [0.1, 0.15) is 5.76 Å². The SMILES string of the molecule is c1csc(-c2[nH]ncc2CNC2CCCc3occc32)c1. The van der Waals surface area contributed by atoms with Gasteiger partial charge in [0.05, 0.1) is 23.0 Å². The van der Waals surface area contributed by atoms with E-state index < -0.39 is 0 Å². The molecule has 0 radical (unpaired) electrons. The Morgan fingerprint density at radius 2 is 2.43 bits per heavy atom. The molecule has 21 heavy (non-hydrogen) atoms. The fraction of sp³-hybridized carbons (Fsp3) is 0.312. The zero-order valence-corrected chi connectivity index (χ0v) is 12.5. The fourth-order valence-corrected chi connectivity index (χ4v) is 3.77. The summed E-state index contributed by atoms with van der Waals surface area (Å²) in [6.07, 6.45) is 7.13. The van der Waals surface area contributed by atoms with Crippen molar-refractivity contribution in [2.45, 2.75) is 31.8 Å². The number of H-pyrrole nitrogens is 1. The Hall–Kier alpha value is -1.85. The average molecular weight is 299 g/mol. The number of aromatic amines is 1. The lowest BCUT2D eigenvalue weighted by Crippen LogP contribution is -2.24. The second-order valence-electron chi connectivity index (χ2n) is 5.37. The maximum atomic E-state index is 5.55. The van der Waals surface area contributed by atoms with Gasteiger partial charge in [-0.2, -0.15) is 5.10 Å². The van der Waals surface area contributed by atoms with Crippen molar-refractivity contribution in [1.29, 1.82) is 0 Å². The first-order chi connectivity index (χ1) is 10.4. The number of furan rings is 1. The van der Waals surface area contributed by atoms with Crippen LogP contribution >= 0.6 is 11.3 Å². The third kappa shape index (κ3) is 2.43. The molecule has 2 N–H and O–H groups in total. The number of aromatic nitrogens is 2. The summed E-state index contributed by atoms with van der Waals surface area (Å²) in [5.41, 5.74) is 3.66. The Kier molecular flexibility index (Phi) is 3.37. The standard InChI is InChI=1S/C16H17N3OS/c1-3-13(12-6-7-20-14(12)4-1)17-9-11-10-18-19-16(11)15-5-2-8-21-15/h2,5-8,10,13,17H,1,3-4,9H2,(H,18,19). The molecule has 0 spiro atoms. The monoisotopic (exact) mass is 299 g/mol. The third-order valence-corrected chi connectivity index (χ3v) is 4.96. The summed E-state index contributed by atoms with van der Waals surface area (Å²) in [6, 6.07) is 6.67. The molecule has 0 saturated heterocycles. The molecule has 3 heterocycles. The summed E-state index contributed by atoms with van der Waals surface area (Å²) >= 11 is 1.73. The van der Waals surface area contributed by atoms with E-state index in [1.807, 2.05) is 6.20 Å². The van der Waals surface area contributed by atoms with Crippen LogP contribution < -0.4 is 5.32 Å². The lowest BCUT2D eigenvalue weighted by molar-refractivity contribution is 0.411. The Morgan fingerprint density at radius 3 is 3.33 bits per heavy atom. The van der Waals surface area contributed by atoms with Crippen molar-refractivity contribution in [3.05, 3.63) is 52.9 Å². The van der Waals surface area contributed by atoms with Crippen molar-refractivity contribution < 1.29 is 4.42 Å². The largest absolute Gasteiger partial charge is 0.469 e. The Bertz CT molecular complexity index is 714. The number of fused-ring (bicyclic) bond motifs is 1. The molecule has 5 heteroatoms. The van der Waals surface area contributed by atoms with Gasteiger partial charge in [0.25, 0.3) is 0 Å². The lowest BCUT2D eigenvalue weighted by atomic mass is 9.93. The minimum atomic E-state index is 0.388. The molecule has 1 aliphatic carbocycles. The number of nitrogens with one attached hydrogen (secondary N) is 2. The number of nitrogens with zero attached hydrogens (tertiary/aromatic N) is 1. The number of thiophene rings is 1. The average Bonchev–Trinajstić information content (AvgIpc) is 3.23. The number of rotatable bonds is 4. The second kappa shape index (κ2) is 5.50. The van der Waals surface area contributed by atoms with Gasteiger partial charge in [0.2, 0.25) is 0 Å². The smallest absolute Gasteiger partial charge is 0.108 e. The number of hydrogen-bond donors (Lipinski definition) is 2. The van der Waals surface area contributed by atoms with Crippen LogP contribution in [-0.4, -0.2) is 10.2 Å². The van der Waals surface area contributed by atoms with Crippen LogP contribution in [0.25, 0.3) is 10.6 Å². The van der Waals surface area contributed by atoms with Gasteiger partial charge < -0.3 is 9.73 Å². The predicted octanol–water partition coefficient (Wildman–Crippen LogP) is 3.90. The molecule has 108 valence electrons. The highest BCUT2D eigenvalue weighted by Crippen LogP contribution is 2.31. The van der Waals surface area contributed by atoms with E-state index in [4.69, 9.17) is 4.42 Å². The van der Waals surface area contributed by atoms with E-state index in [0.717, 1.165) is 24.4 Å². The number of hydrogen-bond acceptors (Lipinski definition) is 4. The fourth-order valence-electron chi connectivity index (χ4n) is 3.01. The molecule has 1 aliphatic rings. The van der Waals surface area contributed by atoms with Crippen LogP contribution in [0.2, 0.25) is 0 Å². The molecule has 4 rings (SSSR count). The van der Waals surface area contributed by atoms with Crippen molar-refractivity contribution in [3.63, 3.8) is 0 Å². The molecule has 3 aromatic rings. The highest BCUT2D eigenvalue weighted by molar-refractivity contribution is 7.13. The van der Waals surface area contributed by atoms with E-state index in [2.05, 4.69) is 39.1 Å². The lowest BCUT2D eigenvalue weighted by Gasteiger charge is -2.22. The van der Waals surface area contributed by atoms with Crippen molar-refractivity contribution in [3.8, 4) is 10.6 Å². The molecule has 1 unspecified atom stereocenters. The van der Waals surface area contributed by atoms with Gasteiger partial charge in [-0.15, -0.1) is 11.3 Å². The summed E-state index contributed by atoms with van der Waals surface area (Å²) in [5, 5.41) is 13.1. The van der Waals surface area contributed by atoms with Crippen LogP contribution in [0.5, 0.6) is 0 Å². The van der Waals surface area contributed by atoms with Crippen LogP contribution in [0.4, 0.5) is 0 Å². The van der Waals surface area contributed by atoms with Gasteiger partial charge in [0.15, 0.2) is 0 Å². The molecule has 0 bridgehead atoms. The summed E-state index contributed by atoms with van der Waals surface area (Å²) in [7, 11) is 0. The van der Waals surface area contributed by atoms with Crippen molar-refractivity contribution >= 4 is 11.3 Å². The maximum absolute atomic E-state index is 5.55. The van der Waals surface area contributed by atoms with Gasteiger partial charge in [-0.1, -0.05) is 6.07 Å². The normalized spacial score (nSPS) is 17.8. The topological polar surface area (TPSA) is 53.9 Å². The zero-order valence-electron chi connectivity index (χ0n) is 11.6. The van der Waals surface area contributed by atoms with Gasteiger partial charge >= 0.3 is 0 Å². The summed E-state index contributed by atoms with van der Waals surface area (Å²) < 4.78 is 5.55. The zero-order chi connectivity index (χ0) is 14.1. The van der Waals surface area contributed by atoms with Crippen molar-refractivity contribution in [2.24, 2.45) is 0 Å². The van der Waals surface area contributed by atoms with Gasteiger partial charge in [0, 0.05) is 30.1 Å². The van der Waals surface area contributed by atoms with E-state index in [9.17, 15) is 0 Å². The predicted molar refractivity (Wildman–Crippen MR) is 83.1 cm³/mol. The van der Waals surface area contributed by atoms with Crippen LogP contribution in [0.3, 0.4) is 0 Å². The first kappa shape index (κ1) is 12.9. The second-order valence-corrected chi connectivity index (χ2v) is 6.32. The van der Waals surface area contributed by atoms with Crippen LogP contribution in [-0.2, 0) is 13.0 Å². The molecule has 3 aromatic heterocycles. The van der Waals surface area contributed by atoms with Crippen LogP contribution in [0, 0.1) is 0 Å². The Balaban J connectivity index is 1.51. The quantitative estimate of drug-likeness (QED) is 0.768. The Morgan fingerprint density at radius 1 is 1.43 bits per heavy atom. The van der Waals surface area contributed by atoms with Crippen LogP contribution in [0.1, 0.15) is 35.8 Å². The van der Waals surface area contributed by atoms with E-state index >= 15 is 0 Å². The van der Waals surface area contributed by atoms with Crippen molar-refractivity contribution in [1.82, 2.24) is 15.5 Å². The van der Waals surface area contributed by atoms with Gasteiger partial charge in [-0.25, -0.2) is 0 Å². The van der Waals surface area contributed by atoms with E-state index in [1.54, 1.807) is 17.6 Å². The van der Waals surface area contributed by atoms with Gasteiger partial charge in [-0.05, 0) is 30.4 Å². The Labute approximate surface area is 127 Å². The van der Waals surface area contributed by atoms with E-state index in [0.29, 0.717) is 6.04 Å². The highest BCUT2D eigenvalue weighted by Gasteiger charge is 2.22. The molecule has 1 atom stereocenters. The molecule has 0 saturated carbocycles. The maximum Gasteiger partial charge on any atom is 0.108 e. The first-order valence-electron chi connectivity index (χ1n) is 7.27. The molecule has 4 nitrogen and oxygen atoms in total. The molecule has 0 aromatic carbocycles. The minimum Gasteiger partial charge on any atom is -0.469 e. The summed E-state index contributed by atoms with van der Waals surface area (Å²) in [5.74, 6) is 1.14. The molecular formula is C16H17N3OS. The summed E-state index contributed by atoms with van der Waals surface area (Å²) in [4.78, 5) is 1.23. The van der Waals surface area contributed by atoms with Crippen molar-refractivity contribution in [2.75, 3.05) is 0 Å². The first-order valence-corrected chi connectivity index (χ1v) is 8.15. The summed E-state index contributed by atoms with van der Waals surface area (Å²) in [6.45, 7) is 0.818. The van der Waals surface area contributed by atoms with E-state index in [-0.39, 0.29) is 0 Å². The molecule has 0 amide bonds. The highest BCUT2D eigenvalue weighted by atomic mass is 32.1.